The Morgan fingerprint density at radius 1 is 1.18 bits per heavy atom. The standard InChI is InChI=1S/C19H23N3O5S/c1-11-18-16(12-6-14(26-2)8-15(7-12)27-3)9-17(23)20-19(18)22(21-11)13-4-5-28(24,25)10-13/h6-8,13,16H,4-5,9-10H2,1-3H3,(H,20,23)/t13-,16-/m0/s1. The van der Waals surface area contributed by atoms with Crippen LogP contribution in [0, 0.1) is 6.92 Å². The predicted octanol–water partition coefficient (Wildman–Crippen LogP) is 2.04. The average molecular weight is 405 g/mol. The maximum absolute atomic E-state index is 12.5. The van der Waals surface area contributed by atoms with E-state index in [-0.39, 0.29) is 35.8 Å². The summed E-state index contributed by atoms with van der Waals surface area (Å²) in [7, 11) is 0.105. The third kappa shape index (κ3) is 3.23. The number of aromatic nitrogens is 2. The lowest BCUT2D eigenvalue weighted by molar-refractivity contribution is -0.116. The van der Waals surface area contributed by atoms with Crippen molar-refractivity contribution < 1.29 is 22.7 Å². The third-order valence-corrected chi connectivity index (χ3v) is 7.21. The molecule has 1 aromatic carbocycles. The molecule has 28 heavy (non-hydrogen) atoms. The van der Waals surface area contributed by atoms with Gasteiger partial charge >= 0.3 is 0 Å². The number of anilines is 1. The zero-order valence-corrected chi connectivity index (χ0v) is 16.9. The van der Waals surface area contributed by atoms with Crippen molar-refractivity contribution in [3.05, 3.63) is 35.0 Å². The molecule has 0 bridgehead atoms. The van der Waals surface area contributed by atoms with Crippen molar-refractivity contribution in [2.45, 2.75) is 31.7 Å². The highest BCUT2D eigenvalue weighted by atomic mass is 32.2. The van der Waals surface area contributed by atoms with Crippen molar-refractivity contribution >= 4 is 21.6 Å². The Kier molecular flexibility index (Phi) is 4.57. The number of benzene rings is 1. The van der Waals surface area contributed by atoms with Crippen LogP contribution in [0.15, 0.2) is 18.2 Å². The third-order valence-electron chi connectivity index (χ3n) is 5.46. The van der Waals surface area contributed by atoms with Crippen LogP contribution in [0.4, 0.5) is 5.82 Å². The highest BCUT2D eigenvalue weighted by molar-refractivity contribution is 7.91. The number of nitrogens with zero attached hydrogens (tertiary/aromatic N) is 2. The number of nitrogens with one attached hydrogen (secondary N) is 1. The van der Waals surface area contributed by atoms with Crippen LogP contribution in [-0.2, 0) is 14.6 Å². The summed E-state index contributed by atoms with van der Waals surface area (Å²) in [5, 5.41) is 7.52. The van der Waals surface area contributed by atoms with Crippen LogP contribution < -0.4 is 14.8 Å². The number of sulfone groups is 1. The SMILES string of the molecule is COc1cc(OC)cc([C@@H]2CC(=O)Nc3c2c(C)nn3[C@H]2CCS(=O)(=O)C2)c1. The van der Waals surface area contributed by atoms with Crippen LogP contribution in [0.5, 0.6) is 11.5 Å². The topological polar surface area (TPSA) is 99.5 Å². The van der Waals surface area contributed by atoms with Crippen LogP contribution in [-0.4, -0.2) is 49.8 Å². The first-order chi connectivity index (χ1) is 13.3. The van der Waals surface area contributed by atoms with Gasteiger partial charge < -0.3 is 14.8 Å². The van der Waals surface area contributed by atoms with Gasteiger partial charge in [0.05, 0.1) is 37.5 Å². The Morgan fingerprint density at radius 3 is 2.43 bits per heavy atom. The number of aryl methyl sites for hydroxylation is 1. The molecule has 0 unspecified atom stereocenters. The van der Waals surface area contributed by atoms with Crippen molar-refractivity contribution in [2.75, 3.05) is 31.0 Å². The van der Waals surface area contributed by atoms with E-state index in [9.17, 15) is 13.2 Å². The zero-order valence-electron chi connectivity index (χ0n) is 16.1. The lowest BCUT2D eigenvalue weighted by atomic mass is 9.85. The second kappa shape index (κ2) is 6.80. The van der Waals surface area contributed by atoms with Crippen molar-refractivity contribution in [1.82, 2.24) is 9.78 Å². The minimum Gasteiger partial charge on any atom is -0.497 e. The molecule has 8 nitrogen and oxygen atoms in total. The van der Waals surface area contributed by atoms with Gasteiger partial charge in [0.1, 0.15) is 17.3 Å². The number of fused-ring (bicyclic) bond motifs is 1. The molecule has 2 aromatic rings. The fraction of sp³-hybridized carbons (Fsp3) is 0.474. The normalized spacial score (nSPS) is 23.2. The van der Waals surface area contributed by atoms with E-state index < -0.39 is 9.84 Å². The maximum atomic E-state index is 12.5. The summed E-state index contributed by atoms with van der Waals surface area (Å²) in [6.07, 6.45) is 0.780. The fourth-order valence-electron chi connectivity index (χ4n) is 4.12. The van der Waals surface area contributed by atoms with E-state index in [2.05, 4.69) is 10.4 Å². The van der Waals surface area contributed by atoms with Crippen molar-refractivity contribution in [1.29, 1.82) is 0 Å². The van der Waals surface area contributed by atoms with Crippen LogP contribution >= 0.6 is 0 Å². The largest absolute Gasteiger partial charge is 0.497 e. The lowest BCUT2D eigenvalue weighted by Crippen LogP contribution is -2.26. The van der Waals surface area contributed by atoms with Crippen molar-refractivity contribution in [2.24, 2.45) is 0 Å². The van der Waals surface area contributed by atoms with Crippen LogP contribution in [0.25, 0.3) is 0 Å². The zero-order chi connectivity index (χ0) is 20.1. The lowest BCUT2D eigenvalue weighted by Gasteiger charge is -2.26. The molecule has 0 radical (unpaired) electrons. The number of hydrogen-bond acceptors (Lipinski definition) is 6. The summed E-state index contributed by atoms with van der Waals surface area (Å²) < 4.78 is 36.3. The van der Waals surface area contributed by atoms with Gasteiger partial charge in [-0.25, -0.2) is 13.1 Å². The average Bonchev–Trinajstić information content (AvgIpc) is 3.19. The Balaban J connectivity index is 1.81. The van der Waals surface area contributed by atoms with E-state index in [1.807, 2.05) is 19.1 Å². The maximum Gasteiger partial charge on any atom is 0.226 e. The number of ether oxygens (including phenoxy) is 2. The highest BCUT2D eigenvalue weighted by Crippen LogP contribution is 2.43. The number of amides is 1. The molecule has 1 amide bonds. The molecule has 1 saturated heterocycles. The molecule has 4 rings (SSSR count). The highest BCUT2D eigenvalue weighted by Gasteiger charge is 2.37. The molecule has 2 atom stereocenters. The quantitative estimate of drug-likeness (QED) is 0.836. The number of carbonyl (C=O) groups excluding carboxylic acids is 1. The van der Waals surface area contributed by atoms with E-state index in [0.717, 1.165) is 16.8 Å². The molecular formula is C19H23N3O5S. The number of hydrogen-bond donors (Lipinski definition) is 1. The Hall–Kier alpha value is -2.55. The van der Waals surface area contributed by atoms with Crippen LogP contribution in [0.3, 0.4) is 0 Å². The van der Waals surface area contributed by atoms with Crippen LogP contribution in [0.1, 0.15) is 41.6 Å². The summed E-state index contributed by atoms with van der Waals surface area (Å²) in [5.74, 6) is 1.76. The molecule has 2 aliphatic heterocycles. The molecule has 0 aliphatic carbocycles. The van der Waals surface area contributed by atoms with E-state index in [1.54, 1.807) is 25.0 Å². The molecule has 1 N–H and O–H groups in total. The summed E-state index contributed by atoms with van der Waals surface area (Å²) in [6.45, 7) is 1.89. The minimum absolute atomic E-state index is 0.0497. The van der Waals surface area contributed by atoms with Gasteiger partial charge in [-0.05, 0) is 31.0 Å². The Morgan fingerprint density at radius 2 is 1.86 bits per heavy atom. The van der Waals surface area contributed by atoms with Gasteiger partial charge in [0.25, 0.3) is 0 Å². The van der Waals surface area contributed by atoms with E-state index >= 15 is 0 Å². The Labute approximate surface area is 163 Å². The summed E-state index contributed by atoms with van der Waals surface area (Å²) in [5.41, 5.74) is 2.60. The molecule has 1 aromatic heterocycles. The number of methoxy groups -OCH3 is 2. The molecular weight excluding hydrogens is 382 g/mol. The molecule has 150 valence electrons. The smallest absolute Gasteiger partial charge is 0.226 e. The fourth-order valence-corrected chi connectivity index (χ4v) is 5.81. The first kappa shape index (κ1) is 18.8. The second-order valence-corrected chi connectivity index (χ2v) is 9.53. The predicted molar refractivity (Wildman–Crippen MR) is 104 cm³/mol. The van der Waals surface area contributed by atoms with E-state index in [1.165, 1.54) is 0 Å². The van der Waals surface area contributed by atoms with Gasteiger partial charge in [0, 0.05) is 24.0 Å². The minimum atomic E-state index is -3.06. The molecule has 3 heterocycles. The molecule has 0 saturated carbocycles. The van der Waals surface area contributed by atoms with Gasteiger partial charge in [-0.1, -0.05) is 0 Å². The van der Waals surface area contributed by atoms with Gasteiger partial charge in [0.2, 0.25) is 5.91 Å². The molecule has 0 spiro atoms. The molecule has 9 heteroatoms. The molecule has 2 aliphatic rings. The van der Waals surface area contributed by atoms with Crippen molar-refractivity contribution in [3.63, 3.8) is 0 Å². The van der Waals surface area contributed by atoms with Gasteiger partial charge in [-0.3, -0.25) is 4.79 Å². The summed E-state index contributed by atoms with van der Waals surface area (Å²) >= 11 is 0. The number of rotatable bonds is 4. The first-order valence-corrected chi connectivity index (χ1v) is 11.0. The second-order valence-electron chi connectivity index (χ2n) is 7.30. The van der Waals surface area contributed by atoms with Crippen LogP contribution in [0.2, 0.25) is 0 Å². The summed E-state index contributed by atoms with van der Waals surface area (Å²) in [4.78, 5) is 12.5. The van der Waals surface area contributed by atoms with Gasteiger partial charge in [-0.15, -0.1) is 0 Å². The monoisotopic (exact) mass is 405 g/mol. The first-order valence-electron chi connectivity index (χ1n) is 9.13. The Bertz CT molecular complexity index is 1020. The number of carbonyl (C=O) groups is 1. The van der Waals surface area contributed by atoms with E-state index in [0.29, 0.717) is 23.7 Å². The summed E-state index contributed by atoms with van der Waals surface area (Å²) in [6, 6.07) is 5.32. The van der Waals surface area contributed by atoms with Gasteiger partial charge in [0.15, 0.2) is 9.84 Å². The van der Waals surface area contributed by atoms with E-state index in [4.69, 9.17) is 9.47 Å². The molecule has 1 fully saturated rings. The van der Waals surface area contributed by atoms with Gasteiger partial charge in [-0.2, -0.15) is 5.10 Å². The van der Waals surface area contributed by atoms with Crippen molar-refractivity contribution in [3.8, 4) is 11.5 Å².